The summed E-state index contributed by atoms with van der Waals surface area (Å²) in [5.41, 5.74) is 0.481. The van der Waals surface area contributed by atoms with Crippen LogP contribution in [0.3, 0.4) is 0 Å². The molecule has 2 aliphatic carbocycles. The van der Waals surface area contributed by atoms with Gasteiger partial charge in [0.15, 0.2) is 6.04 Å². The minimum atomic E-state index is -1.45. The van der Waals surface area contributed by atoms with E-state index in [0.29, 0.717) is 12.3 Å². The molecule has 4 unspecified atom stereocenters. The van der Waals surface area contributed by atoms with Crippen LogP contribution in [0.25, 0.3) is 0 Å². The quantitative estimate of drug-likeness (QED) is 0.847. The van der Waals surface area contributed by atoms with Crippen molar-refractivity contribution in [1.29, 1.82) is 0 Å². The molecule has 4 nitrogen and oxygen atoms in total. The van der Waals surface area contributed by atoms with Gasteiger partial charge in [-0.25, -0.2) is 9.18 Å². The summed E-state index contributed by atoms with van der Waals surface area (Å²) in [4.78, 5) is 23.9. The fourth-order valence-electron chi connectivity index (χ4n) is 4.45. The van der Waals surface area contributed by atoms with Gasteiger partial charge in [0.2, 0.25) is 5.91 Å². The number of halogens is 1. The van der Waals surface area contributed by atoms with Gasteiger partial charge in [0.1, 0.15) is 6.67 Å². The molecule has 3 rings (SSSR count). The van der Waals surface area contributed by atoms with Crippen LogP contribution in [-0.2, 0) is 16.0 Å². The van der Waals surface area contributed by atoms with Crippen LogP contribution in [0, 0.1) is 17.3 Å². The van der Waals surface area contributed by atoms with Gasteiger partial charge < -0.3 is 10.4 Å². The maximum absolute atomic E-state index is 12.9. The zero-order chi connectivity index (χ0) is 16.4. The number of carboxylic acid groups (broad SMARTS) is 1. The second kappa shape index (κ2) is 6.30. The molecule has 2 aliphatic rings. The molecular formula is C18H22FNO3. The summed E-state index contributed by atoms with van der Waals surface area (Å²) < 4.78 is 12.9. The Morgan fingerprint density at radius 1 is 1.30 bits per heavy atom. The monoisotopic (exact) mass is 319 g/mol. The highest BCUT2D eigenvalue weighted by atomic mass is 19.1. The molecule has 23 heavy (non-hydrogen) atoms. The number of hydrogen-bond acceptors (Lipinski definition) is 2. The van der Waals surface area contributed by atoms with E-state index < -0.39 is 24.1 Å². The van der Waals surface area contributed by atoms with Gasteiger partial charge in [-0.3, -0.25) is 4.79 Å². The highest BCUT2D eigenvalue weighted by Gasteiger charge is 2.55. The molecule has 0 saturated heterocycles. The van der Waals surface area contributed by atoms with Gasteiger partial charge in [-0.2, -0.15) is 0 Å². The summed E-state index contributed by atoms with van der Waals surface area (Å²) in [6.45, 7) is -1.09. The summed E-state index contributed by atoms with van der Waals surface area (Å²) in [6.07, 6.45) is 4.53. The molecule has 2 N–H and O–H groups in total. The molecule has 0 heterocycles. The van der Waals surface area contributed by atoms with Crippen molar-refractivity contribution in [3.8, 4) is 0 Å². The summed E-state index contributed by atoms with van der Waals surface area (Å²) in [7, 11) is 0. The number of aliphatic carboxylic acids is 1. The van der Waals surface area contributed by atoms with E-state index in [-0.39, 0.29) is 11.8 Å². The van der Waals surface area contributed by atoms with Crippen LogP contribution in [0.4, 0.5) is 4.39 Å². The summed E-state index contributed by atoms with van der Waals surface area (Å²) >= 11 is 0. The predicted octanol–water partition coefficient (Wildman–Crippen LogP) is 2.57. The number of alkyl halides is 1. The van der Waals surface area contributed by atoms with Gasteiger partial charge >= 0.3 is 5.97 Å². The second-order valence-corrected chi connectivity index (χ2v) is 6.92. The molecule has 2 bridgehead atoms. The number of nitrogens with one attached hydrogen (secondary N) is 1. The van der Waals surface area contributed by atoms with Crippen molar-refractivity contribution in [3.63, 3.8) is 0 Å². The average Bonchev–Trinajstić information content (AvgIpc) is 3.14. The zero-order valence-corrected chi connectivity index (χ0v) is 13.0. The number of fused-ring (bicyclic) bond motifs is 2. The number of amides is 1. The van der Waals surface area contributed by atoms with E-state index in [4.69, 9.17) is 5.11 Å². The van der Waals surface area contributed by atoms with Gasteiger partial charge in [-0.05, 0) is 43.1 Å². The number of rotatable bonds is 6. The molecule has 0 spiro atoms. The van der Waals surface area contributed by atoms with Crippen LogP contribution in [0.1, 0.15) is 31.2 Å². The van der Waals surface area contributed by atoms with Crippen LogP contribution < -0.4 is 5.32 Å². The largest absolute Gasteiger partial charge is 0.480 e. The first-order valence-corrected chi connectivity index (χ1v) is 8.19. The van der Waals surface area contributed by atoms with E-state index in [1.807, 2.05) is 30.3 Å². The Labute approximate surface area is 135 Å². The van der Waals surface area contributed by atoms with Crippen molar-refractivity contribution >= 4 is 11.9 Å². The van der Waals surface area contributed by atoms with Gasteiger partial charge in [-0.15, -0.1) is 0 Å². The lowest BCUT2D eigenvalue weighted by atomic mass is 9.68. The lowest BCUT2D eigenvalue weighted by Crippen LogP contribution is -2.52. The molecule has 1 aromatic carbocycles. The number of carbonyl (C=O) groups excluding carboxylic acids is 1. The van der Waals surface area contributed by atoms with Crippen LogP contribution in [0.15, 0.2) is 30.3 Å². The van der Waals surface area contributed by atoms with Crippen LogP contribution in [-0.4, -0.2) is 29.7 Å². The van der Waals surface area contributed by atoms with E-state index >= 15 is 0 Å². The minimum Gasteiger partial charge on any atom is -0.480 e. The smallest absolute Gasteiger partial charge is 0.328 e. The molecule has 1 aromatic rings. The van der Waals surface area contributed by atoms with Gasteiger partial charge in [0, 0.05) is 0 Å². The van der Waals surface area contributed by atoms with Gasteiger partial charge in [0.05, 0.1) is 5.41 Å². The van der Waals surface area contributed by atoms with Crippen molar-refractivity contribution in [2.24, 2.45) is 17.3 Å². The maximum Gasteiger partial charge on any atom is 0.328 e. The first kappa shape index (κ1) is 16.0. The molecule has 5 heteroatoms. The molecular weight excluding hydrogens is 297 g/mol. The zero-order valence-electron chi connectivity index (χ0n) is 13.0. The maximum atomic E-state index is 12.9. The predicted molar refractivity (Wildman–Crippen MR) is 83.6 cm³/mol. The standard InChI is InChI=1S/C18H22FNO3/c19-11-15(16(21)22)20-17(23)18(9-12-4-2-1-3-5-12)10-13-6-7-14(18)8-13/h1-5,13-15H,6-11H2,(H,20,23)(H,21,22). The Balaban J connectivity index is 1.84. The Morgan fingerprint density at radius 3 is 2.57 bits per heavy atom. The van der Waals surface area contributed by atoms with Crippen LogP contribution in [0.5, 0.6) is 0 Å². The molecule has 1 amide bonds. The first-order chi connectivity index (χ1) is 11.0. The van der Waals surface area contributed by atoms with Crippen molar-refractivity contribution in [2.75, 3.05) is 6.67 Å². The fraction of sp³-hybridized carbons (Fsp3) is 0.556. The van der Waals surface area contributed by atoms with Gasteiger partial charge in [-0.1, -0.05) is 36.8 Å². The second-order valence-electron chi connectivity index (χ2n) is 6.92. The number of hydrogen-bond donors (Lipinski definition) is 2. The third-order valence-electron chi connectivity index (χ3n) is 5.55. The Morgan fingerprint density at radius 2 is 2.04 bits per heavy atom. The molecule has 124 valence electrons. The summed E-state index contributed by atoms with van der Waals surface area (Å²) in [5, 5.41) is 11.5. The summed E-state index contributed by atoms with van der Waals surface area (Å²) in [6, 6.07) is 8.34. The topological polar surface area (TPSA) is 66.4 Å². The third kappa shape index (κ3) is 2.96. The lowest BCUT2D eigenvalue weighted by Gasteiger charge is -2.37. The molecule has 4 atom stereocenters. The number of carboxylic acids is 1. The first-order valence-electron chi connectivity index (χ1n) is 8.19. The van der Waals surface area contributed by atoms with Crippen molar-refractivity contribution in [1.82, 2.24) is 5.32 Å². The van der Waals surface area contributed by atoms with E-state index in [2.05, 4.69) is 5.32 Å². The van der Waals surface area contributed by atoms with E-state index in [0.717, 1.165) is 31.2 Å². The van der Waals surface area contributed by atoms with Gasteiger partial charge in [0.25, 0.3) is 0 Å². The average molecular weight is 319 g/mol. The third-order valence-corrected chi connectivity index (χ3v) is 5.55. The van der Waals surface area contributed by atoms with Crippen LogP contribution in [0.2, 0.25) is 0 Å². The van der Waals surface area contributed by atoms with Crippen LogP contribution >= 0.6 is 0 Å². The van der Waals surface area contributed by atoms with Crippen molar-refractivity contribution in [3.05, 3.63) is 35.9 Å². The van der Waals surface area contributed by atoms with E-state index in [1.54, 1.807) is 0 Å². The van der Waals surface area contributed by atoms with E-state index in [1.165, 1.54) is 0 Å². The minimum absolute atomic E-state index is 0.266. The van der Waals surface area contributed by atoms with E-state index in [9.17, 15) is 14.0 Å². The molecule has 0 aromatic heterocycles. The highest BCUT2D eigenvalue weighted by molar-refractivity contribution is 5.88. The van der Waals surface area contributed by atoms with Crippen molar-refractivity contribution in [2.45, 2.75) is 38.1 Å². The molecule has 0 aliphatic heterocycles. The number of benzene rings is 1. The Kier molecular flexibility index (Phi) is 4.37. The molecule has 0 radical (unpaired) electrons. The summed E-state index contributed by atoms with van der Waals surface area (Å²) in [5.74, 6) is -0.817. The van der Waals surface area contributed by atoms with Crippen molar-refractivity contribution < 1.29 is 19.1 Å². The molecule has 2 fully saturated rings. The Bertz CT molecular complexity index is 591. The Hall–Kier alpha value is -1.91. The number of carbonyl (C=O) groups is 2. The SMILES string of the molecule is O=C(O)C(CF)NC(=O)C1(Cc2ccccc2)CC2CCC1C2. The lowest BCUT2D eigenvalue weighted by molar-refractivity contribution is -0.145. The normalized spacial score (nSPS) is 30.1. The fourth-order valence-corrected chi connectivity index (χ4v) is 4.45. The highest BCUT2D eigenvalue weighted by Crippen LogP contribution is 2.57. The molecule has 2 saturated carbocycles.